The van der Waals surface area contributed by atoms with Gasteiger partial charge in [-0.25, -0.2) is 0 Å². The number of hydrogen-bond acceptors (Lipinski definition) is 3. The lowest BCUT2D eigenvalue weighted by molar-refractivity contribution is -0.146. The van der Waals surface area contributed by atoms with Crippen molar-refractivity contribution in [1.29, 1.82) is 0 Å². The van der Waals surface area contributed by atoms with E-state index in [1.54, 1.807) is 6.92 Å². The number of rotatable bonds is 4. The molecule has 1 saturated heterocycles. The number of amides is 3. The molecule has 6 heteroatoms. The molecular formula is C22H23BrN2O3. The number of carbonyl (C=O) groups excluding carboxylic acids is 3. The van der Waals surface area contributed by atoms with Crippen molar-refractivity contribution in [2.75, 3.05) is 5.32 Å². The van der Waals surface area contributed by atoms with Crippen molar-refractivity contribution in [2.45, 2.75) is 32.7 Å². The number of allylic oxidation sites excluding steroid dienone is 2. The highest BCUT2D eigenvalue weighted by atomic mass is 79.9. The summed E-state index contributed by atoms with van der Waals surface area (Å²) in [5.41, 5.74) is 1.73. The highest BCUT2D eigenvalue weighted by Crippen LogP contribution is 2.65. The monoisotopic (exact) mass is 442 g/mol. The van der Waals surface area contributed by atoms with Gasteiger partial charge in [0.1, 0.15) is 6.04 Å². The largest absolute Gasteiger partial charge is 0.324 e. The first-order chi connectivity index (χ1) is 13.4. The molecule has 0 spiro atoms. The standard InChI is InChI=1S/C22H23BrN2O3/c1-3-11-8-12(23)4-7-17(11)24-20(26)10(2)25-21(27)18-13-5-6-14(16-9-15(13)16)19(18)22(25)28/h4-8,10,13-16,18-19H,3,9H2,1-2H3,(H,24,26)/t10-,13-,14-,15-,16+,18+,19+/m0/s1. The number of hydrogen-bond donors (Lipinski definition) is 1. The van der Waals surface area contributed by atoms with Crippen molar-refractivity contribution in [2.24, 2.45) is 35.5 Å². The number of anilines is 1. The fourth-order valence-corrected chi connectivity index (χ4v) is 6.10. The summed E-state index contributed by atoms with van der Waals surface area (Å²) in [6.45, 7) is 3.68. The second-order valence-corrected chi connectivity index (χ2v) is 9.44. The molecule has 1 aromatic carbocycles. The maximum absolute atomic E-state index is 13.2. The van der Waals surface area contributed by atoms with Crippen molar-refractivity contribution in [3.05, 3.63) is 40.4 Å². The minimum absolute atomic E-state index is 0.158. The van der Waals surface area contributed by atoms with Crippen LogP contribution in [0.15, 0.2) is 34.8 Å². The van der Waals surface area contributed by atoms with Crippen LogP contribution in [0.1, 0.15) is 25.8 Å². The van der Waals surface area contributed by atoms with Crippen LogP contribution in [0.5, 0.6) is 0 Å². The minimum Gasteiger partial charge on any atom is -0.324 e. The molecule has 1 N–H and O–H groups in total. The predicted octanol–water partition coefficient (Wildman–Crippen LogP) is 3.39. The predicted molar refractivity (Wildman–Crippen MR) is 108 cm³/mol. The molecule has 1 heterocycles. The van der Waals surface area contributed by atoms with Gasteiger partial charge < -0.3 is 5.32 Å². The summed E-state index contributed by atoms with van der Waals surface area (Å²) in [7, 11) is 0. The Morgan fingerprint density at radius 3 is 2.36 bits per heavy atom. The second-order valence-electron chi connectivity index (χ2n) is 8.52. The molecule has 1 aliphatic heterocycles. The minimum atomic E-state index is -0.810. The lowest BCUT2D eigenvalue weighted by atomic mass is 9.63. The molecule has 0 unspecified atom stereocenters. The Balaban J connectivity index is 1.37. The average Bonchev–Trinajstić information content (AvgIpc) is 3.46. The lowest BCUT2D eigenvalue weighted by Gasteiger charge is -2.37. The van der Waals surface area contributed by atoms with Gasteiger partial charge in [-0.15, -0.1) is 0 Å². The van der Waals surface area contributed by atoms with E-state index in [9.17, 15) is 14.4 Å². The van der Waals surface area contributed by atoms with E-state index in [2.05, 4.69) is 33.4 Å². The van der Waals surface area contributed by atoms with Crippen molar-refractivity contribution in [3.63, 3.8) is 0 Å². The molecule has 2 saturated carbocycles. The van der Waals surface area contributed by atoms with Gasteiger partial charge in [-0.05, 0) is 67.2 Å². The van der Waals surface area contributed by atoms with E-state index in [0.29, 0.717) is 11.8 Å². The van der Waals surface area contributed by atoms with Crippen LogP contribution < -0.4 is 5.32 Å². The summed E-state index contributed by atoms with van der Waals surface area (Å²) in [6.07, 6.45) is 6.20. The van der Waals surface area contributed by atoms with Crippen LogP contribution in [0.25, 0.3) is 0 Å². The molecule has 2 bridgehead atoms. The number of nitrogens with zero attached hydrogens (tertiary/aromatic N) is 1. The SMILES string of the molecule is CCc1cc(Br)ccc1NC(=O)[C@H](C)N1C(=O)[C@@H]2[C@H]3C=C[C@@H]([C@@H]4C[C@H]34)[C@H]2C1=O. The van der Waals surface area contributed by atoms with Crippen LogP contribution in [0.2, 0.25) is 0 Å². The van der Waals surface area contributed by atoms with Gasteiger partial charge in [-0.1, -0.05) is 35.0 Å². The lowest BCUT2D eigenvalue weighted by Crippen LogP contribution is -2.46. The number of benzene rings is 1. The van der Waals surface area contributed by atoms with E-state index >= 15 is 0 Å². The van der Waals surface area contributed by atoms with Crippen LogP contribution in [0, 0.1) is 35.5 Å². The first-order valence-corrected chi connectivity index (χ1v) is 10.9. The van der Waals surface area contributed by atoms with E-state index in [1.165, 1.54) is 4.90 Å². The van der Waals surface area contributed by atoms with Crippen molar-refractivity contribution >= 4 is 39.3 Å². The third-order valence-corrected chi connectivity index (χ3v) is 7.66. The third-order valence-electron chi connectivity index (χ3n) is 7.17. The number of aryl methyl sites for hydroxylation is 1. The molecule has 3 amide bonds. The van der Waals surface area contributed by atoms with E-state index < -0.39 is 6.04 Å². The quantitative estimate of drug-likeness (QED) is 0.573. The van der Waals surface area contributed by atoms with Crippen LogP contribution in [-0.2, 0) is 20.8 Å². The molecule has 5 aliphatic rings. The zero-order valence-corrected chi connectivity index (χ0v) is 17.5. The first kappa shape index (κ1) is 18.1. The zero-order valence-electron chi connectivity index (χ0n) is 15.9. The molecule has 1 aromatic rings. The van der Waals surface area contributed by atoms with E-state index in [0.717, 1.165) is 28.6 Å². The van der Waals surface area contributed by atoms with E-state index in [4.69, 9.17) is 0 Å². The Kier molecular flexibility index (Phi) is 4.06. The second kappa shape index (κ2) is 6.28. The number of likely N-dealkylation sites (tertiary alicyclic amines) is 1. The van der Waals surface area contributed by atoms with Crippen molar-refractivity contribution in [1.82, 2.24) is 4.90 Å². The molecule has 6 rings (SSSR count). The van der Waals surface area contributed by atoms with Gasteiger partial charge in [0.05, 0.1) is 11.8 Å². The molecule has 7 atom stereocenters. The van der Waals surface area contributed by atoms with E-state index in [-0.39, 0.29) is 41.4 Å². The Morgan fingerprint density at radius 2 is 1.79 bits per heavy atom. The molecule has 146 valence electrons. The van der Waals surface area contributed by atoms with Crippen LogP contribution in [-0.4, -0.2) is 28.7 Å². The Morgan fingerprint density at radius 1 is 1.18 bits per heavy atom. The van der Waals surface area contributed by atoms with Crippen LogP contribution in [0.4, 0.5) is 5.69 Å². The topological polar surface area (TPSA) is 66.5 Å². The van der Waals surface area contributed by atoms with Gasteiger partial charge in [-0.3, -0.25) is 19.3 Å². The van der Waals surface area contributed by atoms with Crippen molar-refractivity contribution < 1.29 is 14.4 Å². The molecule has 0 radical (unpaired) electrons. The number of halogens is 1. The zero-order chi connectivity index (χ0) is 19.7. The molecule has 28 heavy (non-hydrogen) atoms. The van der Waals surface area contributed by atoms with Crippen LogP contribution in [0.3, 0.4) is 0 Å². The molecule has 4 aliphatic carbocycles. The summed E-state index contributed by atoms with van der Waals surface area (Å²) in [5, 5.41) is 2.92. The smallest absolute Gasteiger partial charge is 0.247 e. The first-order valence-electron chi connectivity index (χ1n) is 10.1. The normalized spacial score (nSPS) is 35.6. The fraction of sp³-hybridized carbons (Fsp3) is 0.500. The third kappa shape index (κ3) is 2.46. The van der Waals surface area contributed by atoms with Gasteiger partial charge in [0.15, 0.2) is 0 Å². The fourth-order valence-electron chi connectivity index (χ4n) is 5.69. The Hall–Kier alpha value is -1.95. The summed E-state index contributed by atoms with van der Waals surface area (Å²) >= 11 is 3.45. The molecule has 5 nitrogen and oxygen atoms in total. The summed E-state index contributed by atoms with van der Waals surface area (Å²) in [6, 6.07) is 4.88. The van der Waals surface area contributed by atoms with Crippen LogP contribution >= 0.6 is 15.9 Å². The molecule has 3 fully saturated rings. The summed E-state index contributed by atoms with van der Waals surface area (Å²) < 4.78 is 0.950. The van der Waals surface area contributed by atoms with Gasteiger partial charge in [0, 0.05) is 10.2 Å². The maximum Gasteiger partial charge on any atom is 0.247 e. The number of imide groups is 1. The molecule has 0 aromatic heterocycles. The Labute approximate surface area is 172 Å². The average molecular weight is 443 g/mol. The highest BCUT2D eigenvalue weighted by molar-refractivity contribution is 9.10. The van der Waals surface area contributed by atoms with E-state index in [1.807, 2.05) is 25.1 Å². The molecular weight excluding hydrogens is 420 g/mol. The summed E-state index contributed by atoms with van der Waals surface area (Å²) in [5.74, 6) is 0.315. The van der Waals surface area contributed by atoms with Gasteiger partial charge in [-0.2, -0.15) is 0 Å². The maximum atomic E-state index is 13.2. The number of nitrogens with one attached hydrogen (secondary N) is 1. The van der Waals surface area contributed by atoms with Gasteiger partial charge in [0.2, 0.25) is 17.7 Å². The van der Waals surface area contributed by atoms with Gasteiger partial charge >= 0.3 is 0 Å². The Bertz CT molecular complexity index is 890. The van der Waals surface area contributed by atoms with Gasteiger partial charge in [0.25, 0.3) is 0 Å². The van der Waals surface area contributed by atoms with Crippen molar-refractivity contribution in [3.8, 4) is 0 Å². The number of carbonyl (C=O) groups is 3. The highest BCUT2D eigenvalue weighted by Gasteiger charge is 2.67. The summed E-state index contributed by atoms with van der Waals surface area (Å²) in [4.78, 5) is 40.5.